The first-order valence-electron chi connectivity index (χ1n) is 4.07. The van der Waals surface area contributed by atoms with Crippen LogP contribution in [0.1, 0.15) is 30.4 Å². The monoisotopic (exact) mass is 183 g/mol. The van der Waals surface area contributed by atoms with Gasteiger partial charge in [0, 0.05) is 19.2 Å². The molecule has 0 radical (unpaired) electrons. The Kier molecular flexibility index (Phi) is 2.55. The van der Waals surface area contributed by atoms with E-state index in [1.54, 1.807) is 11.7 Å². The van der Waals surface area contributed by atoms with Crippen molar-refractivity contribution in [3.63, 3.8) is 0 Å². The first kappa shape index (κ1) is 9.57. The van der Waals surface area contributed by atoms with Crippen LogP contribution in [0.25, 0.3) is 0 Å². The van der Waals surface area contributed by atoms with Crippen molar-refractivity contribution in [3.8, 4) is 0 Å². The normalized spacial score (nSPS) is 10.5. The Labute approximate surface area is 76.4 Å². The van der Waals surface area contributed by atoms with E-state index in [0.29, 0.717) is 5.82 Å². The van der Waals surface area contributed by atoms with E-state index in [1.165, 1.54) is 6.07 Å². The molecule has 5 nitrogen and oxygen atoms in total. The van der Waals surface area contributed by atoms with Gasteiger partial charge in [-0.2, -0.15) is 5.10 Å². The molecule has 0 unspecified atom stereocenters. The summed E-state index contributed by atoms with van der Waals surface area (Å²) in [5.41, 5.74) is 0.0676. The van der Waals surface area contributed by atoms with Gasteiger partial charge >= 0.3 is 5.97 Å². The molecule has 0 fully saturated rings. The molecule has 72 valence electrons. The van der Waals surface area contributed by atoms with Gasteiger partial charge in [0.25, 0.3) is 0 Å². The molecule has 0 atom stereocenters. The van der Waals surface area contributed by atoms with Crippen LogP contribution < -0.4 is 5.32 Å². The van der Waals surface area contributed by atoms with E-state index in [9.17, 15) is 4.79 Å². The van der Waals surface area contributed by atoms with Gasteiger partial charge in [-0.05, 0) is 13.8 Å². The van der Waals surface area contributed by atoms with Gasteiger partial charge in [-0.15, -0.1) is 0 Å². The summed E-state index contributed by atoms with van der Waals surface area (Å²) in [7, 11) is 1.74. The molecule has 0 saturated carbocycles. The van der Waals surface area contributed by atoms with Gasteiger partial charge in [-0.25, -0.2) is 9.48 Å². The lowest BCUT2D eigenvalue weighted by molar-refractivity contribution is 0.0689. The molecule has 0 aliphatic heterocycles. The molecule has 0 aliphatic rings. The van der Waals surface area contributed by atoms with Gasteiger partial charge in [0.15, 0.2) is 5.69 Å². The number of aromatic carboxylic acids is 1. The summed E-state index contributed by atoms with van der Waals surface area (Å²) < 4.78 is 1.64. The van der Waals surface area contributed by atoms with Gasteiger partial charge in [-0.3, -0.25) is 0 Å². The number of hydrogen-bond donors (Lipinski definition) is 2. The molecule has 0 amide bonds. The summed E-state index contributed by atoms with van der Waals surface area (Å²) in [5, 5.41) is 15.5. The SMILES string of the molecule is CNc1cc(C(=O)O)nn1C(C)C. The van der Waals surface area contributed by atoms with Gasteiger partial charge in [0.05, 0.1) is 0 Å². The second kappa shape index (κ2) is 3.47. The zero-order chi connectivity index (χ0) is 10.0. The average Bonchev–Trinajstić information content (AvgIpc) is 2.47. The smallest absolute Gasteiger partial charge is 0.356 e. The van der Waals surface area contributed by atoms with Crippen molar-refractivity contribution in [1.29, 1.82) is 0 Å². The van der Waals surface area contributed by atoms with Crippen molar-refractivity contribution >= 4 is 11.8 Å². The first-order valence-corrected chi connectivity index (χ1v) is 4.07. The van der Waals surface area contributed by atoms with E-state index >= 15 is 0 Å². The van der Waals surface area contributed by atoms with E-state index in [4.69, 9.17) is 5.11 Å². The maximum atomic E-state index is 10.6. The minimum atomic E-state index is -1.00. The van der Waals surface area contributed by atoms with Gasteiger partial charge in [0.2, 0.25) is 0 Å². The maximum Gasteiger partial charge on any atom is 0.356 e. The largest absolute Gasteiger partial charge is 0.476 e. The Morgan fingerprint density at radius 1 is 1.69 bits per heavy atom. The third kappa shape index (κ3) is 1.80. The first-order chi connectivity index (χ1) is 6.06. The van der Waals surface area contributed by atoms with Crippen molar-refractivity contribution in [3.05, 3.63) is 11.8 Å². The molecule has 1 aromatic heterocycles. The Bertz CT molecular complexity index is 317. The number of carbonyl (C=O) groups is 1. The number of carboxylic acid groups (broad SMARTS) is 1. The highest BCUT2D eigenvalue weighted by Gasteiger charge is 2.13. The predicted octanol–water partition coefficient (Wildman–Crippen LogP) is 1.20. The van der Waals surface area contributed by atoms with Crippen LogP contribution in [0.3, 0.4) is 0 Å². The van der Waals surface area contributed by atoms with Gasteiger partial charge in [0.1, 0.15) is 5.82 Å². The third-order valence-corrected chi connectivity index (χ3v) is 1.70. The number of hydrogen-bond acceptors (Lipinski definition) is 3. The van der Waals surface area contributed by atoms with Crippen LogP contribution in [0.2, 0.25) is 0 Å². The zero-order valence-electron chi connectivity index (χ0n) is 7.90. The highest BCUT2D eigenvalue weighted by Crippen LogP contribution is 2.15. The van der Waals surface area contributed by atoms with Crippen molar-refractivity contribution in [2.24, 2.45) is 0 Å². The Hall–Kier alpha value is -1.52. The molecule has 0 aromatic carbocycles. The van der Waals surface area contributed by atoms with Crippen LogP contribution in [0, 0.1) is 0 Å². The number of rotatable bonds is 3. The molecule has 0 aliphatic carbocycles. The van der Waals surface area contributed by atoms with Crippen molar-refractivity contribution < 1.29 is 9.90 Å². The number of nitrogens with one attached hydrogen (secondary N) is 1. The van der Waals surface area contributed by atoms with E-state index in [2.05, 4.69) is 10.4 Å². The standard InChI is InChI=1S/C8H13N3O2/c1-5(2)11-7(9-3)4-6(10-11)8(12)13/h4-5,9H,1-3H3,(H,12,13). The summed E-state index contributed by atoms with van der Waals surface area (Å²) in [6, 6.07) is 1.66. The molecular formula is C8H13N3O2. The topological polar surface area (TPSA) is 67.2 Å². The van der Waals surface area contributed by atoms with Crippen molar-refractivity contribution in [2.75, 3.05) is 12.4 Å². The van der Waals surface area contributed by atoms with Gasteiger partial charge in [-0.1, -0.05) is 0 Å². The quantitative estimate of drug-likeness (QED) is 0.739. The van der Waals surface area contributed by atoms with E-state index in [1.807, 2.05) is 13.8 Å². The molecule has 1 rings (SSSR count). The highest BCUT2D eigenvalue weighted by atomic mass is 16.4. The van der Waals surface area contributed by atoms with E-state index < -0.39 is 5.97 Å². The fraction of sp³-hybridized carbons (Fsp3) is 0.500. The van der Waals surface area contributed by atoms with E-state index in [-0.39, 0.29) is 11.7 Å². The lowest BCUT2D eigenvalue weighted by atomic mass is 10.4. The Balaban J connectivity index is 3.11. The van der Waals surface area contributed by atoms with Crippen molar-refractivity contribution in [2.45, 2.75) is 19.9 Å². The summed E-state index contributed by atoms with van der Waals surface area (Å²) >= 11 is 0. The van der Waals surface area contributed by atoms with Crippen LogP contribution in [0.4, 0.5) is 5.82 Å². The zero-order valence-corrected chi connectivity index (χ0v) is 7.90. The van der Waals surface area contributed by atoms with Crippen LogP contribution in [-0.2, 0) is 0 Å². The second-order valence-electron chi connectivity index (χ2n) is 3.01. The summed E-state index contributed by atoms with van der Waals surface area (Å²) in [4.78, 5) is 10.6. The molecule has 1 heterocycles. The van der Waals surface area contributed by atoms with Gasteiger partial charge < -0.3 is 10.4 Å². The molecule has 0 saturated heterocycles. The summed E-state index contributed by atoms with van der Waals surface area (Å²) in [5.74, 6) is -0.289. The highest BCUT2D eigenvalue weighted by molar-refractivity contribution is 5.86. The maximum absolute atomic E-state index is 10.6. The molecule has 2 N–H and O–H groups in total. The van der Waals surface area contributed by atoms with Crippen molar-refractivity contribution in [1.82, 2.24) is 9.78 Å². The Morgan fingerprint density at radius 3 is 2.62 bits per heavy atom. The Morgan fingerprint density at radius 2 is 2.31 bits per heavy atom. The third-order valence-electron chi connectivity index (χ3n) is 1.70. The number of anilines is 1. The number of aromatic nitrogens is 2. The predicted molar refractivity (Wildman–Crippen MR) is 49.1 cm³/mol. The van der Waals surface area contributed by atoms with E-state index in [0.717, 1.165) is 0 Å². The average molecular weight is 183 g/mol. The molecule has 5 heteroatoms. The minimum Gasteiger partial charge on any atom is -0.476 e. The lowest BCUT2D eigenvalue weighted by Crippen LogP contribution is -2.08. The fourth-order valence-corrected chi connectivity index (χ4v) is 1.08. The van der Waals surface area contributed by atoms with Crippen LogP contribution in [-0.4, -0.2) is 27.9 Å². The molecule has 13 heavy (non-hydrogen) atoms. The lowest BCUT2D eigenvalue weighted by Gasteiger charge is -2.09. The number of carboxylic acids is 1. The molecular weight excluding hydrogens is 170 g/mol. The minimum absolute atomic E-state index is 0.0676. The second-order valence-corrected chi connectivity index (χ2v) is 3.01. The fourth-order valence-electron chi connectivity index (χ4n) is 1.08. The number of nitrogens with zero attached hydrogens (tertiary/aromatic N) is 2. The van der Waals surface area contributed by atoms with Crippen LogP contribution in [0.15, 0.2) is 6.07 Å². The van der Waals surface area contributed by atoms with Crippen LogP contribution >= 0.6 is 0 Å². The molecule has 1 aromatic rings. The summed E-state index contributed by atoms with van der Waals surface area (Å²) in [6.07, 6.45) is 0. The molecule has 0 spiro atoms. The summed E-state index contributed by atoms with van der Waals surface area (Å²) in [6.45, 7) is 3.89. The van der Waals surface area contributed by atoms with Crippen LogP contribution in [0.5, 0.6) is 0 Å². The molecule has 0 bridgehead atoms.